The fraction of sp³-hybridized carbons (Fsp3) is 0.0769. The Morgan fingerprint density at radius 1 is 0.909 bits per heavy atom. The van der Waals surface area contributed by atoms with Crippen LogP contribution in [0.1, 0.15) is 10.4 Å². The van der Waals surface area contributed by atoms with Crippen molar-refractivity contribution >= 4 is 22.1 Å². The van der Waals surface area contributed by atoms with Gasteiger partial charge in [-0.2, -0.15) is 0 Å². The van der Waals surface area contributed by atoms with Crippen LogP contribution in [0, 0.1) is 0 Å². The molecule has 6 nitrogen and oxygen atoms in total. The highest BCUT2D eigenvalue weighted by Gasteiger charge is 2.21. The average Bonchev–Trinajstić information content (AvgIpc) is 3.44. The zero-order valence-electron chi connectivity index (χ0n) is 17.4. The van der Waals surface area contributed by atoms with Crippen molar-refractivity contribution in [2.24, 2.45) is 0 Å². The van der Waals surface area contributed by atoms with Gasteiger partial charge < -0.3 is 14.6 Å². The maximum absolute atomic E-state index is 11.5. The van der Waals surface area contributed by atoms with Crippen LogP contribution in [0.4, 0.5) is 0 Å². The molecule has 1 aliphatic rings. The van der Waals surface area contributed by atoms with Crippen molar-refractivity contribution in [3.63, 3.8) is 0 Å². The molecule has 0 atom stereocenters. The van der Waals surface area contributed by atoms with E-state index >= 15 is 0 Å². The first-order valence-corrected chi connectivity index (χ1v) is 11.2. The summed E-state index contributed by atoms with van der Waals surface area (Å²) in [6.07, 6.45) is 4.04. The monoisotopic (exact) mass is 454 g/mol. The van der Waals surface area contributed by atoms with Crippen molar-refractivity contribution in [3.8, 4) is 39.6 Å². The molecule has 0 saturated carbocycles. The molecule has 0 amide bonds. The minimum atomic E-state index is -0.247. The van der Waals surface area contributed by atoms with E-state index in [9.17, 15) is 9.90 Å². The van der Waals surface area contributed by atoms with Gasteiger partial charge in [-0.15, -0.1) is 0 Å². The van der Waals surface area contributed by atoms with Crippen LogP contribution in [-0.2, 0) is 6.42 Å². The molecule has 7 heteroatoms. The van der Waals surface area contributed by atoms with Crippen molar-refractivity contribution in [1.82, 2.24) is 9.97 Å². The summed E-state index contributed by atoms with van der Waals surface area (Å²) in [6.45, 7) is 0.211. The lowest BCUT2D eigenvalue weighted by Crippen LogP contribution is -1.93. The van der Waals surface area contributed by atoms with Gasteiger partial charge in [0.15, 0.2) is 11.5 Å². The standard InChI is InChI=1S/C26H18N2O4S/c29-25-23(33-26(30)28-25)10-15-1-2-18-11-19(4-3-17(18)9-15)20-12-21(16-5-7-27-8-6-16)24-22(13-20)31-14-32-24/h1-9,11-13,29H,10,14H2,(H,28,30). The van der Waals surface area contributed by atoms with Gasteiger partial charge in [-0.05, 0) is 63.4 Å². The average molecular weight is 455 g/mol. The van der Waals surface area contributed by atoms with E-state index in [4.69, 9.17) is 9.47 Å². The highest BCUT2D eigenvalue weighted by atomic mass is 32.1. The Balaban J connectivity index is 1.38. The summed E-state index contributed by atoms with van der Waals surface area (Å²) in [6, 6.07) is 20.6. The van der Waals surface area contributed by atoms with E-state index in [0.29, 0.717) is 11.3 Å². The maximum atomic E-state index is 11.5. The van der Waals surface area contributed by atoms with E-state index in [-0.39, 0.29) is 17.5 Å². The Kier molecular flexibility index (Phi) is 4.62. The third-order valence-corrected chi connectivity index (χ3v) is 6.64. The Hall–Kier alpha value is -4.10. The van der Waals surface area contributed by atoms with Gasteiger partial charge in [0.1, 0.15) is 0 Å². The molecule has 5 aromatic rings. The number of nitrogens with zero attached hydrogens (tertiary/aromatic N) is 1. The van der Waals surface area contributed by atoms with E-state index in [2.05, 4.69) is 46.4 Å². The molecule has 0 saturated heterocycles. The van der Waals surface area contributed by atoms with Gasteiger partial charge >= 0.3 is 4.87 Å². The van der Waals surface area contributed by atoms with Crippen LogP contribution in [0.3, 0.4) is 0 Å². The largest absolute Gasteiger partial charge is 0.494 e. The lowest BCUT2D eigenvalue weighted by molar-refractivity contribution is 0.174. The van der Waals surface area contributed by atoms with Crippen molar-refractivity contribution in [1.29, 1.82) is 0 Å². The number of ether oxygens (including phenoxy) is 2. The first-order chi connectivity index (χ1) is 16.1. The Morgan fingerprint density at radius 3 is 2.55 bits per heavy atom. The summed E-state index contributed by atoms with van der Waals surface area (Å²) in [5.41, 5.74) is 5.14. The number of rotatable bonds is 4. The fourth-order valence-electron chi connectivity index (χ4n) is 4.16. The third kappa shape index (κ3) is 3.62. The van der Waals surface area contributed by atoms with Crippen molar-refractivity contribution < 1.29 is 14.6 Å². The summed E-state index contributed by atoms with van der Waals surface area (Å²) in [7, 11) is 0. The number of thiazole rings is 1. The van der Waals surface area contributed by atoms with Gasteiger partial charge in [0.05, 0.1) is 4.88 Å². The second-order valence-electron chi connectivity index (χ2n) is 7.85. The maximum Gasteiger partial charge on any atom is 0.307 e. The predicted octanol–water partition coefficient (Wildman–Crippen LogP) is 5.34. The Morgan fingerprint density at radius 2 is 1.73 bits per heavy atom. The molecule has 0 fully saturated rings. The van der Waals surface area contributed by atoms with Crippen molar-refractivity contribution in [2.75, 3.05) is 6.79 Å². The van der Waals surface area contributed by atoms with Gasteiger partial charge in [-0.1, -0.05) is 41.7 Å². The SMILES string of the molecule is O=c1[nH]c(O)c(Cc2ccc3cc(-c4cc5c(c(-c6ccncc6)c4)OCO5)ccc3c2)s1. The highest BCUT2D eigenvalue weighted by molar-refractivity contribution is 7.09. The van der Waals surface area contributed by atoms with E-state index in [0.717, 1.165) is 61.4 Å². The molecule has 0 spiro atoms. The summed E-state index contributed by atoms with van der Waals surface area (Å²) in [4.78, 5) is 18.4. The molecule has 0 bridgehead atoms. The number of pyridine rings is 1. The normalized spacial score (nSPS) is 12.4. The van der Waals surface area contributed by atoms with Gasteiger partial charge in [-0.25, -0.2) is 0 Å². The molecular formula is C26H18N2O4S. The van der Waals surface area contributed by atoms with Gasteiger partial charge in [-0.3, -0.25) is 14.8 Å². The van der Waals surface area contributed by atoms with Crippen LogP contribution in [0.25, 0.3) is 33.0 Å². The van der Waals surface area contributed by atoms with Gasteiger partial charge in [0, 0.05) is 24.4 Å². The zero-order chi connectivity index (χ0) is 22.4. The van der Waals surface area contributed by atoms with Gasteiger partial charge in [0.25, 0.3) is 0 Å². The molecule has 2 N–H and O–H groups in total. The highest BCUT2D eigenvalue weighted by Crippen LogP contribution is 2.44. The molecule has 33 heavy (non-hydrogen) atoms. The minimum absolute atomic E-state index is 0.0479. The van der Waals surface area contributed by atoms with Crippen molar-refractivity contribution in [3.05, 3.63) is 93.2 Å². The first kappa shape index (κ1) is 19.6. The second-order valence-corrected chi connectivity index (χ2v) is 8.92. The number of aromatic hydroxyl groups is 1. The van der Waals surface area contributed by atoms with Crippen LogP contribution < -0.4 is 14.3 Å². The summed E-state index contributed by atoms with van der Waals surface area (Å²) < 4.78 is 11.4. The fourth-order valence-corrected chi connectivity index (χ4v) is 4.92. The Labute approximate surface area is 192 Å². The van der Waals surface area contributed by atoms with Crippen LogP contribution in [0.15, 0.2) is 77.9 Å². The lowest BCUT2D eigenvalue weighted by atomic mass is 9.95. The Bertz CT molecular complexity index is 1560. The van der Waals surface area contributed by atoms with Crippen LogP contribution >= 0.6 is 11.3 Å². The number of fused-ring (bicyclic) bond motifs is 2. The molecule has 3 heterocycles. The van der Waals surface area contributed by atoms with E-state index < -0.39 is 0 Å². The van der Waals surface area contributed by atoms with Crippen molar-refractivity contribution in [2.45, 2.75) is 6.42 Å². The number of aromatic amines is 1. The zero-order valence-corrected chi connectivity index (χ0v) is 18.2. The number of nitrogens with one attached hydrogen (secondary N) is 1. The molecule has 0 aliphatic carbocycles. The second kappa shape index (κ2) is 7.79. The number of hydrogen-bond acceptors (Lipinski definition) is 6. The number of aromatic nitrogens is 2. The first-order valence-electron chi connectivity index (χ1n) is 10.4. The van der Waals surface area contributed by atoms with Gasteiger partial charge in [0.2, 0.25) is 12.7 Å². The summed E-state index contributed by atoms with van der Waals surface area (Å²) in [5, 5.41) is 12.1. The summed E-state index contributed by atoms with van der Waals surface area (Å²) >= 11 is 1.04. The van der Waals surface area contributed by atoms with E-state index in [1.807, 2.05) is 24.3 Å². The number of H-pyrrole nitrogens is 1. The lowest BCUT2D eigenvalue weighted by Gasteiger charge is -2.11. The minimum Gasteiger partial charge on any atom is -0.494 e. The molecule has 6 rings (SSSR count). The molecule has 3 aromatic carbocycles. The topological polar surface area (TPSA) is 84.4 Å². The molecule has 2 aromatic heterocycles. The molecule has 162 valence electrons. The number of hydrogen-bond donors (Lipinski definition) is 2. The smallest absolute Gasteiger partial charge is 0.307 e. The molecule has 1 aliphatic heterocycles. The molecular weight excluding hydrogens is 436 g/mol. The van der Waals surface area contributed by atoms with E-state index in [1.165, 1.54) is 0 Å². The van der Waals surface area contributed by atoms with Crippen LogP contribution in [-0.4, -0.2) is 21.9 Å². The van der Waals surface area contributed by atoms with Crippen LogP contribution in [0.2, 0.25) is 0 Å². The third-order valence-electron chi connectivity index (χ3n) is 5.77. The molecule has 0 unspecified atom stereocenters. The molecule has 0 radical (unpaired) electrons. The summed E-state index contributed by atoms with van der Waals surface area (Å²) in [5.74, 6) is 1.44. The predicted molar refractivity (Wildman–Crippen MR) is 128 cm³/mol. The van der Waals surface area contributed by atoms with E-state index in [1.54, 1.807) is 12.4 Å². The quantitative estimate of drug-likeness (QED) is 0.383. The number of benzene rings is 3. The van der Waals surface area contributed by atoms with Crippen LogP contribution in [0.5, 0.6) is 17.4 Å².